The predicted molar refractivity (Wildman–Crippen MR) is 114 cm³/mol. The van der Waals surface area contributed by atoms with Crippen molar-refractivity contribution in [3.05, 3.63) is 40.3 Å². The highest BCUT2D eigenvalue weighted by molar-refractivity contribution is 6.35. The van der Waals surface area contributed by atoms with Gasteiger partial charge in [0.2, 0.25) is 5.95 Å². The van der Waals surface area contributed by atoms with Crippen LogP contribution in [0.15, 0.2) is 23.9 Å². The molecular weight excluding hydrogens is 406 g/mol. The third-order valence-electron chi connectivity index (χ3n) is 5.56. The topological polar surface area (TPSA) is 103 Å². The van der Waals surface area contributed by atoms with Gasteiger partial charge in [-0.05, 0) is 18.8 Å². The molecule has 0 amide bonds. The second-order valence-electron chi connectivity index (χ2n) is 7.52. The lowest BCUT2D eigenvalue weighted by Gasteiger charge is -2.31. The number of allylic oxidation sites excluding steroid dienone is 1. The first-order valence-electron chi connectivity index (χ1n) is 9.90. The van der Waals surface area contributed by atoms with Gasteiger partial charge in [0.15, 0.2) is 17.3 Å². The number of nitrogen functional groups attached to an aromatic ring is 1. The van der Waals surface area contributed by atoms with E-state index in [4.69, 9.17) is 26.8 Å². The average molecular weight is 430 g/mol. The number of pyridine rings is 1. The first kappa shape index (κ1) is 20.4. The van der Waals surface area contributed by atoms with Crippen molar-refractivity contribution in [1.29, 1.82) is 0 Å². The van der Waals surface area contributed by atoms with Gasteiger partial charge in [0.05, 0.1) is 32.7 Å². The number of Topliss-reactive ketones (excluding diaryl/α,β-unsaturated/α-hetero) is 1. The molecule has 2 aromatic heterocycles. The molecule has 158 valence electrons. The monoisotopic (exact) mass is 429 g/mol. The maximum absolute atomic E-state index is 13.2. The Morgan fingerprint density at radius 2 is 1.97 bits per heavy atom. The van der Waals surface area contributed by atoms with Crippen molar-refractivity contribution in [1.82, 2.24) is 15.0 Å². The Morgan fingerprint density at radius 3 is 2.67 bits per heavy atom. The highest BCUT2D eigenvalue weighted by Crippen LogP contribution is 2.36. The molecule has 0 aromatic carbocycles. The van der Waals surface area contributed by atoms with Gasteiger partial charge in [0.25, 0.3) is 0 Å². The summed E-state index contributed by atoms with van der Waals surface area (Å²) in [5, 5.41) is 0.0739. The van der Waals surface area contributed by atoms with E-state index in [1.807, 2.05) is 4.90 Å². The minimum absolute atomic E-state index is 0.0278. The number of ketones is 1. The van der Waals surface area contributed by atoms with E-state index in [9.17, 15) is 4.79 Å². The predicted octanol–water partition coefficient (Wildman–Crippen LogP) is 3.44. The molecule has 0 atom stereocenters. The van der Waals surface area contributed by atoms with Crippen LogP contribution in [0.4, 0.5) is 11.8 Å². The van der Waals surface area contributed by atoms with Crippen LogP contribution >= 0.6 is 11.6 Å². The van der Waals surface area contributed by atoms with Crippen LogP contribution in [0.2, 0.25) is 5.15 Å². The summed E-state index contributed by atoms with van der Waals surface area (Å²) >= 11 is 6.32. The number of anilines is 2. The molecular formula is C21H24ClN5O3. The Labute approximate surface area is 180 Å². The van der Waals surface area contributed by atoms with Crippen LogP contribution < -0.4 is 20.1 Å². The fourth-order valence-electron chi connectivity index (χ4n) is 4.10. The number of nitrogens with two attached hydrogens (primary N) is 1. The van der Waals surface area contributed by atoms with Crippen molar-refractivity contribution < 1.29 is 14.3 Å². The molecule has 1 fully saturated rings. The van der Waals surface area contributed by atoms with Gasteiger partial charge in [-0.1, -0.05) is 30.5 Å². The standard InChI is InChI=1S/C21H24ClN5O3/c1-29-15-8-14(24-9-16(15)30-2)11-27-10-13(7-12-5-3-4-6-12)18(28)17-19(22)25-21(23)26-20(17)27/h7-9,12H,3-6,10-11H2,1-2H3,(H2,23,25,26)/b13-7+. The van der Waals surface area contributed by atoms with E-state index in [1.54, 1.807) is 26.5 Å². The van der Waals surface area contributed by atoms with Crippen molar-refractivity contribution in [3.63, 3.8) is 0 Å². The number of carbonyl (C=O) groups is 1. The largest absolute Gasteiger partial charge is 0.493 e. The number of hydrogen-bond donors (Lipinski definition) is 1. The average Bonchev–Trinajstić information content (AvgIpc) is 3.24. The number of hydrogen-bond acceptors (Lipinski definition) is 8. The van der Waals surface area contributed by atoms with Crippen LogP contribution in [0, 0.1) is 5.92 Å². The van der Waals surface area contributed by atoms with Crippen LogP contribution in [-0.2, 0) is 6.54 Å². The van der Waals surface area contributed by atoms with E-state index in [2.05, 4.69) is 21.0 Å². The SMILES string of the molecule is COc1cnc(CN2C/C(=C\C3CCCC3)C(=O)c3c(Cl)nc(N)nc32)cc1OC. The quantitative estimate of drug-likeness (QED) is 0.569. The molecule has 9 heteroatoms. The van der Waals surface area contributed by atoms with Gasteiger partial charge in [-0.3, -0.25) is 9.78 Å². The number of methoxy groups -OCH3 is 2. The summed E-state index contributed by atoms with van der Waals surface area (Å²) in [5.41, 5.74) is 7.57. The third kappa shape index (κ3) is 3.92. The summed E-state index contributed by atoms with van der Waals surface area (Å²) in [5.74, 6) is 1.88. The lowest BCUT2D eigenvalue weighted by molar-refractivity contribution is 0.102. The molecule has 3 heterocycles. The van der Waals surface area contributed by atoms with E-state index in [0.29, 0.717) is 47.5 Å². The number of halogens is 1. The van der Waals surface area contributed by atoms with Crippen LogP contribution in [-0.4, -0.2) is 41.5 Å². The molecule has 8 nitrogen and oxygen atoms in total. The van der Waals surface area contributed by atoms with E-state index in [-0.39, 0.29) is 16.9 Å². The molecule has 1 aliphatic carbocycles. The summed E-state index contributed by atoms with van der Waals surface area (Å²) in [7, 11) is 3.14. The van der Waals surface area contributed by atoms with E-state index in [1.165, 1.54) is 12.8 Å². The fraction of sp³-hybridized carbons (Fsp3) is 0.429. The zero-order valence-electron chi connectivity index (χ0n) is 17.0. The van der Waals surface area contributed by atoms with Crippen LogP contribution in [0.25, 0.3) is 0 Å². The molecule has 1 aliphatic heterocycles. The van der Waals surface area contributed by atoms with Crippen molar-refractivity contribution in [2.45, 2.75) is 32.2 Å². The number of ether oxygens (including phenoxy) is 2. The summed E-state index contributed by atoms with van der Waals surface area (Å²) in [6.45, 7) is 0.806. The summed E-state index contributed by atoms with van der Waals surface area (Å²) < 4.78 is 10.6. The minimum Gasteiger partial charge on any atom is -0.493 e. The van der Waals surface area contributed by atoms with Gasteiger partial charge < -0.3 is 20.1 Å². The van der Waals surface area contributed by atoms with E-state index in [0.717, 1.165) is 18.5 Å². The Morgan fingerprint density at radius 1 is 1.23 bits per heavy atom. The maximum Gasteiger partial charge on any atom is 0.223 e. The number of nitrogens with zero attached hydrogens (tertiary/aromatic N) is 4. The fourth-order valence-corrected chi connectivity index (χ4v) is 4.36. The Balaban J connectivity index is 1.73. The van der Waals surface area contributed by atoms with Crippen molar-refractivity contribution in [2.24, 2.45) is 5.92 Å². The highest BCUT2D eigenvalue weighted by atomic mass is 35.5. The molecule has 0 saturated heterocycles. The molecule has 2 aromatic rings. The molecule has 0 unspecified atom stereocenters. The Bertz CT molecular complexity index is 1000. The molecule has 1 saturated carbocycles. The smallest absolute Gasteiger partial charge is 0.223 e. The molecule has 0 radical (unpaired) electrons. The Hall–Kier alpha value is -2.87. The van der Waals surface area contributed by atoms with Gasteiger partial charge in [-0.2, -0.15) is 4.98 Å². The summed E-state index contributed by atoms with van der Waals surface area (Å²) in [6, 6.07) is 1.81. The number of aromatic nitrogens is 3. The normalized spacial score (nSPS) is 18.0. The number of fused-ring (bicyclic) bond motifs is 1. The molecule has 0 bridgehead atoms. The maximum atomic E-state index is 13.2. The van der Waals surface area contributed by atoms with Crippen LogP contribution in [0.5, 0.6) is 11.5 Å². The van der Waals surface area contributed by atoms with Crippen molar-refractivity contribution in [2.75, 3.05) is 31.4 Å². The molecule has 4 rings (SSSR count). The molecule has 2 N–H and O–H groups in total. The minimum atomic E-state index is -0.126. The first-order chi connectivity index (χ1) is 14.5. The number of rotatable bonds is 5. The highest BCUT2D eigenvalue weighted by Gasteiger charge is 2.33. The first-order valence-corrected chi connectivity index (χ1v) is 10.3. The lowest BCUT2D eigenvalue weighted by Crippen LogP contribution is -2.36. The van der Waals surface area contributed by atoms with Crippen LogP contribution in [0.1, 0.15) is 41.7 Å². The zero-order chi connectivity index (χ0) is 21.3. The van der Waals surface area contributed by atoms with E-state index < -0.39 is 0 Å². The van der Waals surface area contributed by atoms with Gasteiger partial charge in [0, 0.05) is 18.2 Å². The number of carbonyl (C=O) groups excluding carboxylic acids is 1. The second kappa shape index (κ2) is 8.47. The molecule has 0 spiro atoms. The van der Waals surface area contributed by atoms with Crippen molar-refractivity contribution >= 4 is 29.2 Å². The lowest BCUT2D eigenvalue weighted by atomic mass is 9.95. The second-order valence-corrected chi connectivity index (χ2v) is 7.88. The summed E-state index contributed by atoms with van der Waals surface area (Å²) in [6.07, 6.45) is 8.30. The Kier molecular flexibility index (Phi) is 5.76. The van der Waals surface area contributed by atoms with E-state index >= 15 is 0 Å². The van der Waals surface area contributed by atoms with Crippen molar-refractivity contribution in [3.8, 4) is 11.5 Å². The van der Waals surface area contributed by atoms with Gasteiger partial charge in [-0.25, -0.2) is 4.98 Å². The van der Waals surface area contributed by atoms with Gasteiger partial charge in [0.1, 0.15) is 16.5 Å². The zero-order valence-corrected chi connectivity index (χ0v) is 17.8. The summed E-state index contributed by atoms with van der Waals surface area (Å²) in [4.78, 5) is 27.9. The van der Waals surface area contributed by atoms with Crippen LogP contribution in [0.3, 0.4) is 0 Å². The molecule has 2 aliphatic rings. The third-order valence-corrected chi connectivity index (χ3v) is 5.83. The molecule has 30 heavy (non-hydrogen) atoms. The van der Waals surface area contributed by atoms with Gasteiger partial charge >= 0.3 is 0 Å². The van der Waals surface area contributed by atoms with Gasteiger partial charge in [-0.15, -0.1) is 0 Å².